The fraction of sp³-hybridized carbons (Fsp3) is 0.480. The van der Waals surface area contributed by atoms with Crippen LogP contribution in [0.1, 0.15) is 76.8 Å². The van der Waals surface area contributed by atoms with Gasteiger partial charge in [-0.25, -0.2) is 5.43 Å². The molecule has 0 radical (unpaired) electrons. The third-order valence-corrected chi connectivity index (χ3v) is 5.80. The predicted molar refractivity (Wildman–Crippen MR) is 119 cm³/mol. The highest BCUT2D eigenvalue weighted by atomic mass is 16.2. The molecule has 2 N–H and O–H groups in total. The van der Waals surface area contributed by atoms with Gasteiger partial charge in [0.2, 0.25) is 0 Å². The van der Waals surface area contributed by atoms with Crippen molar-refractivity contribution in [3.05, 3.63) is 53.1 Å². The van der Waals surface area contributed by atoms with Crippen LogP contribution in [0.2, 0.25) is 0 Å². The number of hydrogen-bond donors (Lipinski definition) is 2. The lowest BCUT2D eigenvalue weighted by Crippen LogP contribution is -2.38. The molecule has 1 aliphatic rings. The Labute approximate surface area is 169 Å². The van der Waals surface area contributed by atoms with Crippen molar-refractivity contribution in [1.29, 1.82) is 0 Å². The Morgan fingerprint density at radius 3 is 2.25 bits per heavy atom. The summed E-state index contributed by atoms with van der Waals surface area (Å²) < 4.78 is 0. The van der Waals surface area contributed by atoms with Gasteiger partial charge in [-0.05, 0) is 54.7 Å². The normalized spacial score (nSPS) is 17.4. The molecular formula is C25H34N2O. The highest BCUT2D eigenvalue weighted by Crippen LogP contribution is 2.29. The van der Waals surface area contributed by atoms with Crippen LogP contribution >= 0.6 is 0 Å². The van der Waals surface area contributed by atoms with Crippen LogP contribution in [0.15, 0.2) is 42.0 Å². The molecule has 0 spiro atoms. The minimum atomic E-state index is -0.366. The molecule has 2 aromatic rings. The number of amides is 1. The molecule has 0 saturated carbocycles. The van der Waals surface area contributed by atoms with Gasteiger partial charge in [-0.15, -0.1) is 0 Å². The number of fused-ring (bicyclic) bond motifs is 1. The van der Waals surface area contributed by atoms with E-state index in [-0.39, 0.29) is 11.4 Å². The molecule has 3 heteroatoms. The van der Waals surface area contributed by atoms with E-state index in [1.165, 1.54) is 61.3 Å². The Hall–Kier alpha value is -2.13. The molecule has 0 aliphatic carbocycles. The molecule has 0 atom stereocenters. The van der Waals surface area contributed by atoms with E-state index in [9.17, 15) is 4.79 Å². The lowest BCUT2D eigenvalue weighted by molar-refractivity contribution is -0.116. The molecule has 1 heterocycles. The number of unbranched alkanes of at least 4 members (excludes halogenated alkanes) is 6. The van der Waals surface area contributed by atoms with Crippen LogP contribution in [0.25, 0.3) is 16.8 Å². The van der Waals surface area contributed by atoms with E-state index in [1.54, 1.807) is 0 Å². The number of nitrogens with one attached hydrogen (secondary N) is 2. The van der Waals surface area contributed by atoms with Crippen molar-refractivity contribution in [1.82, 2.24) is 10.9 Å². The Balaban J connectivity index is 1.75. The Morgan fingerprint density at radius 1 is 0.893 bits per heavy atom. The van der Waals surface area contributed by atoms with E-state index in [2.05, 4.69) is 54.2 Å². The van der Waals surface area contributed by atoms with Crippen LogP contribution < -0.4 is 10.9 Å². The van der Waals surface area contributed by atoms with Crippen LogP contribution in [-0.2, 0) is 11.2 Å². The number of aryl methyl sites for hydroxylation is 1. The first kappa shape index (κ1) is 20.6. The van der Waals surface area contributed by atoms with Crippen molar-refractivity contribution >= 4 is 22.8 Å². The van der Waals surface area contributed by atoms with Crippen molar-refractivity contribution < 1.29 is 4.79 Å². The zero-order valence-electron chi connectivity index (χ0n) is 17.6. The molecule has 0 unspecified atom stereocenters. The summed E-state index contributed by atoms with van der Waals surface area (Å²) in [4.78, 5) is 12.2. The second-order valence-electron chi connectivity index (χ2n) is 8.49. The van der Waals surface area contributed by atoms with Gasteiger partial charge in [0, 0.05) is 5.57 Å². The van der Waals surface area contributed by atoms with E-state index in [0.29, 0.717) is 0 Å². The van der Waals surface area contributed by atoms with Crippen molar-refractivity contribution in [3.8, 4) is 0 Å². The summed E-state index contributed by atoms with van der Waals surface area (Å²) >= 11 is 0. The van der Waals surface area contributed by atoms with E-state index in [0.717, 1.165) is 17.6 Å². The average Bonchev–Trinajstić information content (AvgIpc) is 2.95. The van der Waals surface area contributed by atoms with Gasteiger partial charge in [0.05, 0.1) is 5.54 Å². The molecule has 3 nitrogen and oxygen atoms in total. The molecule has 28 heavy (non-hydrogen) atoms. The maximum Gasteiger partial charge on any atom is 0.263 e. The summed E-state index contributed by atoms with van der Waals surface area (Å²) in [5.41, 5.74) is 8.73. The zero-order valence-corrected chi connectivity index (χ0v) is 17.6. The van der Waals surface area contributed by atoms with E-state index in [1.807, 2.05) is 19.9 Å². The van der Waals surface area contributed by atoms with Gasteiger partial charge in [0.15, 0.2) is 0 Å². The number of carbonyl (C=O) groups excluding carboxylic acids is 1. The summed E-state index contributed by atoms with van der Waals surface area (Å²) in [6.45, 7) is 6.31. The van der Waals surface area contributed by atoms with Gasteiger partial charge in [-0.1, -0.05) is 81.8 Å². The van der Waals surface area contributed by atoms with Gasteiger partial charge in [0.1, 0.15) is 0 Å². The lowest BCUT2D eigenvalue weighted by Gasteiger charge is -2.17. The third-order valence-electron chi connectivity index (χ3n) is 5.80. The third kappa shape index (κ3) is 4.82. The first-order valence-corrected chi connectivity index (χ1v) is 10.8. The predicted octanol–water partition coefficient (Wildman–Crippen LogP) is 5.93. The largest absolute Gasteiger partial charge is 0.287 e. The molecule has 1 saturated heterocycles. The minimum Gasteiger partial charge on any atom is -0.287 e. The second-order valence-corrected chi connectivity index (χ2v) is 8.49. The van der Waals surface area contributed by atoms with Crippen molar-refractivity contribution in [2.24, 2.45) is 0 Å². The highest BCUT2D eigenvalue weighted by molar-refractivity contribution is 6.04. The van der Waals surface area contributed by atoms with Crippen LogP contribution in [-0.4, -0.2) is 11.4 Å². The molecule has 3 rings (SSSR count). The molecule has 0 aromatic heterocycles. The average molecular weight is 379 g/mol. The maximum atomic E-state index is 12.2. The first-order chi connectivity index (χ1) is 13.5. The lowest BCUT2D eigenvalue weighted by atomic mass is 9.91. The fourth-order valence-electron chi connectivity index (χ4n) is 4.03. The van der Waals surface area contributed by atoms with Crippen molar-refractivity contribution in [3.63, 3.8) is 0 Å². The van der Waals surface area contributed by atoms with Crippen LogP contribution in [0.5, 0.6) is 0 Å². The van der Waals surface area contributed by atoms with Gasteiger partial charge >= 0.3 is 0 Å². The SMILES string of the molecule is CCCCCCCCCc1ccc(/C=C2\C(=O)NNC2(C)C)c2ccccc12. The second kappa shape index (κ2) is 9.38. The summed E-state index contributed by atoms with van der Waals surface area (Å²) in [6, 6.07) is 13.0. The fourth-order valence-corrected chi connectivity index (χ4v) is 4.03. The first-order valence-electron chi connectivity index (χ1n) is 10.8. The summed E-state index contributed by atoms with van der Waals surface area (Å²) in [5, 5.41) is 2.54. The minimum absolute atomic E-state index is 0.0405. The van der Waals surface area contributed by atoms with Crippen molar-refractivity contribution in [2.45, 2.75) is 77.7 Å². The van der Waals surface area contributed by atoms with Gasteiger partial charge < -0.3 is 0 Å². The Bertz CT molecular complexity index is 851. The quantitative estimate of drug-likeness (QED) is 0.419. The number of carbonyl (C=O) groups is 1. The molecule has 150 valence electrons. The van der Waals surface area contributed by atoms with Gasteiger partial charge in [-0.2, -0.15) is 0 Å². The van der Waals surface area contributed by atoms with Crippen LogP contribution in [0, 0.1) is 0 Å². The van der Waals surface area contributed by atoms with E-state index in [4.69, 9.17) is 0 Å². The number of benzene rings is 2. The maximum absolute atomic E-state index is 12.2. The van der Waals surface area contributed by atoms with Crippen LogP contribution in [0.3, 0.4) is 0 Å². The Morgan fingerprint density at radius 2 is 1.57 bits per heavy atom. The number of hydrogen-bond acceptors (Lipinski definition) is 2. The monoisotopic (exact) mass is 378 g/mol. The van der Waals surface area contributed by atoms with E-state index < -0.39 is 0 Å². The molecule has 0 bridgehead atoms. The van der Waals surface area contributed by atoms with Crippen molar-refractivity contribution in [2.75, 3.05) is 0 Å². The standard InChI is InChI=1S/C25H34N2O/c1-4-5-6-7-8-9-10-13-19-16-17-20(22-15-12-11-14-21(19)22)18-23-24(28)26-27-25(23,2)3/h11-12,14-18,27H,4-10,13H2,1-3H3,(H,26,28)/b23-18+. The Kier molecular flexibility index (Phi) is 6.90. The zero-order chi connectivity index (χ0) is 20.0. The van der Waals surface area contributed by atoms with E-state index >= 15 is 0 Å². The molecular weight excluding hydrogens is 344 g/mol. The van der Waals surface area contributed by atoms with Gasteiger partial charge in [-0.3, -0.25) is 10.2 Å². The molecule has 1 fully saturated rings. The smallest absolute Gasteiger partial charge is 0.263 e. The highest BCUT2D eigenvalue weighted by Gasteiger charge is 2.35. The summed E-state index contributed by atoms with van der Waals surface area (Å²) in [5.74, 6) is -0.0405. The number of rotatable bonds is 9. The van der Waals surface area contributed by atoms with Crippen LogP contribution in [0.4, 0.5) is 0 Å². The molecule has 2 aromatic carbocycles. The summed E-state index contributed by atoms with van der Waals surface area (Å²) in [6.07, 6.45) is 12.5. The molecule has 1 amide bonds. The number of hydrazine groups is 1. The summed E-state index contributed by atoms with van der Waals surface area (Å²) in [7, 11) is 0. The molecule has 1 aliphatic heterocycles. The topological polar surface area (TPSA) is 41.1 Å². The van der Waals surface area contributed by atoms with Gasteiger partial charge in [0.25, 0.3) is 5.91 Å².